The number of carboxylic acid groups (broad SMARTS) is 1. The average Bonchev–Trinajstić information content (AvgIpc) is 2.78. The molecule has 3 N–H and O–H groups in total. The number of carbonyl (C=O) groups is 2. The molecule has 0 bridgehead atoms. The summed E-state index contributed by atoms with van der Waals surface area (Å²) in [5.74, 6) is -1.18. The quantitative estimate of drug-likeness (QED) is 0.632. The number of amides is 2. The Kier molecular flexibility index (Phi) is 2.38. The van der Waals surface area contributed by atoms with Gasteiger partial charge in [-0.1, -0.05) is 11.8 Å². The van der Waals surface area contributed by atoms with Gasteiger partial charge in [0.1, 0.15) is 11.7 Å². The Morgan fingerprint density at radius 2 is 2.14 bits per heavy atom. The molecule has 0 saturated heterocycles. The zero-order chi connectivity index (χ0) is 15.6. The molecular formula is C14H11N3O5. The van der Waals surface area contributed by atoms with Crippen molar-refractivity contribution in [2.45, 2.75) is 12.5 Å². The van der Waals surface area contributed by atoms with Gasteiger partial charge < -0.3 is 10.2 Å². The van der Waals surface area contributed by atoms with Gasteiger partial charge in [-0.15, -0.1) is 0 Å². The summed E-state index contributed by atoms with van der Waals surface area (Å²) >= 11 is 0. The van der Waals surface area contributed by atoms with Crippen LogP contribution in [-0.2, 0) is 4.79 Å². The van der Waals surface area contributed by atoms with Crippen LogP contribution in [0.1, 0.15) is 12.5 Å². The molecule has 0 aromatic carbocycles. The van der Waals surface area contributed by atoms with E-state index in [1.54, 1.807) is 6.07 Å². The summed E-state index contributed by atoms with van der Waals surface area (Å²) in [6, 6.07) is 2.81. The fourth-order valence-corrected chi connectivity index (χ4v) is 3.27. The van der Waals surface area contributed by atoms with Gasteiger partial charge in [0.2, 0.25) is 5.82 Å². The Balaban J connectivity index is 2.13. The lowest BCUT2D eigenvalue weighted by atomic mass is 10.0. The van der Waals surface area contributed by atoms with E-state index >= 15 is 0 Å². The van der Waals surface area contributed by atoms with E-state index in [1.807, 2.05) is 0 Å². The van der Waals surface area contributed by atoms with Crippen LogP contribution < -0.4 is 20.8 Å². The van der Waals surface area contributed by atoms with E-state index in [9.17, 15) is 24.6 Å². The molecule has 0 saturated carbocycles. The lowest BCUT2D eigenvalue weighted by Gasteiger charge is -2.29. The maximum atomic E-state index is 12.0. The number of urea groups is 1. The topological polar surface area (TPSA) is 116 Å². The van der Waals surface area contributed by atoms with Crippen molar-refractivity contribution >= 4 is 23.5 Å². The lowest BCUT2D eigenvalue weighted by Crippen LogP contribution is -3.10. The van der Waals surface area contributed by atoms with Gasteiger partial charge >= 0.3 is 12.0 Å². The van der Waals surface area contributed by atoms with Crippen LogP contribution in [0.3, 0.4) is 0 Å². The second-order valence-corrected chi connectivity index (χ2v) is 5.46. The van der Waals surface area contributed by atoms with Crippen molar-refractivity contribution < 1.29 is 24.7 Å². The number of rotatable bonds is 1. The monoisotopic (exact) mass is 301 g/mol. The molecule has 3 aliphatic heterocycles. The highest BCUT2D eigenvalue weighted by Crippen LogP contribution is 2.38. The minimum absolute atomic E-state index is 0.257. The zero-order valence-corrected chi connectivity index (χ0v) is 11.3. The summed E-state index contributed by atoms with van der Waals surface area (Å²) in [7, 11) is 0. The highest BCUT2D eigenvalue weighted by molar-refractivity contribution is 5.95. The molecule has 4 aliphatic rings. The standard InChI is InChI=1S/C14H11N3O5/c18-10-4-6-3-7-12-16(14(22)15-7)2-1-8(13(20)21)17(12)9(6)5-11(10)19/h3-5,8,18H,1-2H2,(H,15,22)(H,20,21). The van der Waals surface area contributed by atoms with Crippen LogP contribution in [0.25, 0.3) is 11.3 Å². The third-order valence-corrected chi connectivity index (χ3v) is 4.22. The van der Waals surface area contributed by atoms with Crippen LogP contribution in [0.5, 0.6) is 5.75 Å². The van der Waals surface area contributed by atoms with E-state index in [-0.39, 0.29) is 12.5 Å². The first-order valence-corrected chi connectivity index (χ1v) is 6.78. The van der Waals surface area contributed by atoms with Crippen molar-refractivity contribution in [1.82, 2.24) is 4.57 Å². The highest BCUT2D eigenvalue weighted by Gasteiger charge is 2.44. The molecule has 2 unspecified atom stereocenters. The van der Waals surface area contributed by atoms with E-state index in [1.165, 1.54) is 10.6 Å². The smallest absolute Gasteiger partial charge is 0.425 e. The number of anilines is 1. The van der Waals surface area contributed by atoms with Crippen LogP contribution in [0.4, 0.5) is 16.3 Å². The first kappa shape index (κ1) is 12.8. The third kappa shape index (κ3) is 1.52. The molecule has 0 fully saturated rings. The van der Waals surface area contributed by atoms with Crippen molar-refractivity contribution in [3.63, 3.8) is 0 Å². The summed E-state index contributed by atoms with van der Waals surface area (Å²) in [6.07, 6.45) is 0.265. The first-order valence-electron chi connectivity index (χ1n) is 6.78. The van der Waals surface area contributed by atoms with E-state index < -0.39 is 23.2 Å². The molecule has 2 amide bonds. The minimum Gasteiger partial charge on any atom is -0.870 e. The van der Waals surface area contributed by atoms with E-state index in [0.717, 1.165) is 6.07 Å². The number of carboxylic acids is 1. The molecule has 112 valence electrons. The molecular weight excluding hydrogens is 290 g/mol. The van der Waals surface area contributed by atoms with Crippen LogP contribution in [0.15, 0.2) is 23.0 Å². The number of pyridine rings is 1. The first-order chi connectivity index (χ1) is 10.5. The Morgan fingerprint density at radius 1 is 1.36 bits per heavy atom. The number of benzene rings is 1. The number of carbonyl (C=O) groups excluding carboxylic acids is 1. The number of quaternary nitrogens is 1. The summed E-state index contributed by atoms with van der Waals surface area (Å²) < 4.78 is 1.49. The van der Waals surface area contributed by atoms with E-state index in [4.69, 9.17) is 0 Å². The van der Waals surface area contributed by atoms with Crippen molar-refractivity contribution in [1.29, 1.82) is 0 Å². The normalized spacial score (nSPS) is 22.5. The number of aromatic nitrogens is 1. The molecule has 8 nitrogen and oxygen atoms in total. The molecule has 1 aliphatic carbocycles. The average molecular weight is 301 g/mol. The SMILES string of the molecule is O=C(O)C1CC[NH+]2C(=O)Nc3cc4cc([O-])c(=O)cc-4n1c32. The number of hydrogen-bond acceptors (Lipinski definition) is 4. The molecule has 4 rings (SSSR count). The Labute approximate surface area is 123 Å². The van der Waals surface area contributed by atoms with Gasteiger partial charge in [-0.05, 0) is 6.07 Å². The zero-order valence-electron chi connectivity index (χ0n) is 11.3. The minimum atomic E-state index is -1.03. The van der Waals surface area contributed by atoms with Crippen LogP contribution >= 0.6 is 0 Å². The second-order valence-electron chi connectivity index (χ2n) is 5.46. The fraction of sp³-hybridized carbons (Fsp3) is 0.214. The van der Waals surface area contributed by atoms with Crippen molar-refractivity contribution in [3.8, 4) is 17.0 Å². The third-order valence-electron chi connectivity index (χ3n) is 4.22. The van der Waals surface area contributed by atoms with Crippen LogP contribution in [-0.4, -0.2) is 28.2 Å². The molecule has 0 spiro atoms. The predicted molar refractivity (Wildman–Crippen MR) is 72.6 cm³/mol. The van der Waals surface area contributed by atoms with Gasteiger partial charge in [0.05, 0.1) is 12.2 Å². The maximum Gasteiger partial charge on any atom is 0.425 e. The molecule has 3 heterocycles. The summed E-state index contributed by atoms with van der Waals surface area (Å²) in [5, 5.41) is 23.7. The van der Waals surface area contributed by atoms with Gasteiger partial charge in [0, 0.05) is 18.1 Å². The van der Waals surface area contributed by atoms with Crippen molar-refractivity contribution in [2.24, 2.45) is 0 Å². The predicted octanol–water partition coefficient (Wildman–Crippen LogP) is -0.882. The van der Waals surface area contributed by atoms with Crippen LogP contribution in [0, 0.1) is 0 Å². The molecule has 22 heavy (non-hydrogen) atoms. The van der Waals surface area contributed by atoms with Crippen LogP contribution in [0.2, 0.25) is 0 Å². The van der Waals surface area contributed by atoms with E-state index in [0.29, 0.717) is 34.2 Å². The van der Waals surface area contributed by atoms with E-state index in [2.05, 4.69) is 5.32 Å². The number of hydrogen-bond donors (Lipinski definition) is 3. The van der Waals surface area contributed by atoms with Gasteiger partial charge in [-0.2, -0.15) is 0 Å². The number of nitrogens with zero attached hydrogens (tertiary/aromatic N) is 1. The summed E-state index contributed by atoms with van der Waals surface area (Å²) in [4.78, 5) is 35.8. The van der Waals surface area contributed by atoms with Crippen molar-refractivity contribution in [3.05, 3.63) is 28.4 Å². The summed E-state index contributed by atoms with van der Waals surface area (Å²) in [6.45, 7) is 0.366. The highest BCUT2D eigenvalue weighted by atomic mass is 16.4. The Bertz CT molecular complexity index is 872. The maximum absolute atomic E-state index is 12.0. The fourth-order valence-electron chi connectivity index (χ4n) is 3.27. The largest absolute Gasteiger partial charge is 0.870 e. The van der Waals surface area contributed by atoms with Gasteiger partial charge in [-0.3, -0.25) is 14.7 Å². The number of nitrogens with one attached hydrogen (secondary N) is 2. The molecule has 0 aromatic rings. The van der Waals surface area contributed by atoms with Gasteiger partial charge in [0.25, 0.3) is 0 Å². The number of aliphatic carboxylic acids is 1. The molecule has 0 radical (unpaired) electrons. The lowest BCUT2D eigenvalue weighted by molar-refractivity contribution is -0.744. The molecule has 8 heteroatoms. The molecule has 2 atom stereocenters. The Hall–Kier alpha value is -2.87. The van der Waals surface area contributed by atoms with Gasteiger partial charge in [0.15, 0.2) is 5.43 Å². The van der Waals surface area contributed by atoms with Crippen molar-refractivity contribution in [2.75, 3.05) is 11.9 Å². The second kappa shape index (κ2) is 4.08. The summed E-state index contributed by atoms with van der Waals surface area (Å²) in [5.41, 5.74) is 0.601. The van der Waals surface area contributed by atoms with Gasteiger partial charge in [-0.25, -0.2) is 14.5 Å². The number of fused-ring (bicyclic) bond motifs is 2. The molecule has 0 aromatic heterocycles. The Morgan fingerprint density at radius 3 is 2.86 bits per heavy atom.